The van der Waals surface area contributed by atoms with Gasteiger partial charge in [0.05, 0.1) is 23.7 Å². The summed E-state index contributed by atoms with van der Waals surface area (Å²) >= 11 is 0. The summed E-state index contributed by atoms with van der Waals surface area (Å²) in [6, 6.07) is 6.60. The fourth-order valence-electron chi connectivity index (χ4n) is 1.70. The van der Waals surface area contributed by atoms with Crippen LogP contribution >= 0.6 is 0 Å². The van der Waals surface area contributed by atoms with Crippen molar-refractivity contribution in [1.29, 1.82) is 0 Å². The van der Waals surface area contributed by atoms with E-state index in [9.17, 15) is 8.42 Å². The van der Waals surface area contributed by atoms with E-state index < -0.39 is 10.0 Å². The first-order valence-electron chi connectivity index (χ1n) is 6.21. The molecule has 0 aliphatic carbocycles. The van der Waals surface area contributed by atoms with Crippen molar-refractivity contribution in [1.82, 2.24) is 9.88 Å². The van der Waals surface area contributed by atoms with Gasteiger partial charge in [-0.15, -0.1) is 0 Å². The average molecular weight is 305 g/mol. The Balaban J connectivity index is 2.26. The van der Waals surface area contributed by atoms with E-state index in [4.69, 9.17) is 5.73 Å². The standard InChI is InChI=1S/C14H15N3O3S/c1-11-4-5-12(3-2-7-15)9-14(11)21(18,19)16-10-13-6-8-20-17-13/h4-6,8-9,16H,7,10,15H2,1H3. The molecule has 0 spiro atoms. The molecule has 3 N–H and O–H groups in total. The second kappa shape index (κ2) is 6.54. The van der Waals surface area contributed by atoms with E-state index in [2.05, 4.69) is 26.2 Å². The fourth-order valence-corrected chi connectivity index (χ4v) is 2.96. The van der Waals surface area contributed by atoms with Gasteiger partial charge in [0.25, 0.3) is 0 Å². The molecule has 1 heterocycles. The Hall–Kier alpha value is -2.14. The predicted molar refractivity (Wildman–Crippen MR) is 77.6 cm³/mol. The molecule has 0 unspecified atom stereocenters. The van der Waals surface area contributed by atoms with Crippen LogP contribution in [0, 0.1) is 18.8 Å². The first kappa shape index (κ1) is 15.3. The predicted octanol–water partition coefficient (Wildman–Crippen LogP) is 0.772. The van der Waals surface area contributed by atoms with Crippen molar-refractivity contribution in [2.45, 2.75) is 18.4 Å². The van der Waals surface area contributed by atoms with Crippen LogP contribution in [-0.2, 0) is 16.6 Å². The highest BCUT2D eigenvalue weighted by molar-refractivity contribution is 7.89. The Kier molecular flexibility index (Phi) is 4.75. The summed E-state index contributed by atoms with van der Waals surface area (Å²) in [4.78, 5) is 0.190. The van der Waals surface area contributed by atoms with Gasteiger partial charge in [-0.25, -0.2) is 13.1 Å². The summed E-state index contributed by atoms with van der Waals surface area (Å²) in [6.45, 7) is 2.02. The molecule has 0 saturated heterocycles. The van der Waals surface area contributed by atoms with Crippen molar-refractivity contribution in [3.05, 3.63) is 47.3 Å². The molecule has 0 amide bonds. The van der Waals surface area contributed by atoms with Gasteiger partial charge in [0, 0.05) is 11.6 Å². The molecule has 0 fully saturated rings. The minimum atomic E-state index is -3.65. The molecule has 0 radical (unpaired) electrons. The fraction of sp³-hybridized carbons (Fsp3) is 0.214. The summed E-state index contributed by atoms with van der Waals surface area (Å²) in [7, 11) is -3.65. The lowest BCUT2D eigenvalue weighted by Crippen LogP contribution is -2.24. The number of rotatable bonds is 4. The third kappa shape index (κ3) is 3.92. The van der Waals surface area contributed by atoms with Crippen LogP contribution < -0.4 is 10.5 Å². The Morgan fingerprint density at radius 1 is 1.38 bits per heavy atom. The van der Waals surface area contributed by atoms with Gasteiger partial charge in [0.15, 0.2) is 0 Å². The minimum absolute atomic E-state index is 0.0664. The number of aryl methyl sites for hydroxylation is 1. The molecule has 7 heteroatoms. The lowest BCUT2D eigenvalue weighted by Gasteiger charge is -2.08. The van der Waals surface area contributed by atoms with Gasteiger partial charge in [-0.05, 0) is 24.6 Å². The molecule has 21 heavy (non-hydrogen) atoms. The Labute approximate surface area is 123 Å². The second-order valence-corrected chi connectivity index (χ2v) is 6.04. The maximum absolute atomic E-state index is 12.3. The number of nitrogens with two attached hydrogens (primary N) is 1. The molecule has 1 aromatic heterocycles. The Morgan fingerprint density at radius 3 is 2.86 bits per heavy atom. The van der Waals surface area contributed by atoms with Crippen LogP contribution in [0.3, 0.4) is 0 Å². The minimum Gasteiger partial charge on any atom is -0.364 e. The summed E-state index contributed by atoms with van der Waals surface area (Å²) in [5, 5.41) is 3.66. The maximum atomic E-state index is 12.3. The van der Waals surface area contributed by atoms with E-state index in [0.717, 1.165) is 0 Å². The molecule has 0 aliphatic rings. The van der Waals surface area contributed by atoms with Gasteiger partial charge in [0.2, 0.25) is 10.0 Å². The molecule has 0 atom stereocenters. The summed E-state index contributed by atoms with van der Waals surface area (Å²) in [5.74, 6) is 5.52. The molecule has 2 aromatic rings. The van der Waals surface area contributed by atoms with Crippen LogP contribution in [0.15, 0.2) is 39.9 Å². The number of sulfonamides is 1. The van der Waals surface area contributed by atoms with Crippen LogP contribution in [0.4, 0.5) is 0 Å². The zero-order valence-electron chi connectivity index (χ0n) is 11.5. The van der Waals surface area contributed by atoms with Crippen molar-refractivity contribution >= 4 is 10.0 Å². The summed E-state index contributed by atoms with van der Waals surface area (Å²) in [6.07, 6.45) is 1.39. The molecular formula is C14H15N3O3S. The number of nitrogens with one attached hydrogen (secondary N) is 1. The highest BCUT2D eigenvalue weighted by atomic mass is 32.2. The average Bonchev–Trinajstić information content (AvgIpc) is 2.97. The maximum Gasteiger partial charge on any atom is 0.241 e. The van der Waals surface area contributed by atoms with Gasteiger partial charge in [0.1, 0.15) is 6.26 Å². The lowest BCUT2D eigenvalue weighted by atomic mass is 10.1. The Morgan fingerprint density at radius 2 is 2.19 bits per heavy atom. The quantitative estimate of drug-likeness (QED) is 0.813. The van der Waals surface area contributed by atoms with E-state index in [0.29, 0.717) is 16.8 Å². The smallest absolute Gasteiger partial charge is 0.241 e. The van der Waals surface area contributed by atoms with Gasteiger partial charge < -0.3 is 10.3 Å². The molecule has 2 rings (SSSR count). The number of aromatic nitrogens is 1. The van der Waals surface area contributed by atoms with E-state index in [1.165, 1.54) is 12.3 Å². The van der Waals surface area contributed by atoms with Crippen LogP contribution in [0.25, 0.3) is 0 Å². The first-order valence-corrected chi connectivity index (χ1v) is 7.70. The largest absolute Gasteiger partial charge is 0.364 e. The lowest BCUT2D eigenvalue weighted by molar-refractivity contribution is 0.411. The molecule has 110 valence electrons. The second-order valence-electron chi connectivity index (χ2n) is 4.30. The zero-order valence-corrected chi connectivity index (χ0v) is 12.3. The number of benzene rings is 1. The molecule has 6 nitrogen and oxygen atoms in total. The van der Waals surface area contributed by atoms with Crippen LogP contribution in [0.5, 0.6) is 0 Å². The monoisotopic (exact) mass is 305 g/mol. The topological polar surface area (TPSA) is 98.2 Å². The highest BCUT2D eigenvalue weighted by Crippen LogP contribution is 2.17. The number of nitrogens with zero attached hydrogens (tertiary/aromatic N) is 1. The number of hydrogen-bond acceptors (Lipinski definition) is 5. The molecule has 0 bridgehead atoms. The van der Waals surface area contributed by atoms with E-state index in [1.54, 1.807) is 25.1 Å². The molecule has 0 aliphatic heterocycles. The number of hydrogen-bond donors (Lipinski definition) is 2. The van der Waals surface area contributed by atoms with E-state index in [1.807, 2.05) is 0 Å². The van der Waals surface area contributed by atoms with Crippen LogP contribution in [-0.4, -0.2) is 20.1 Å². The molecule has 1 aromatic carbocycles. The third-order valence-electron chi connectivity index (χ3n) is 2.75. The zero-order chi connectivity index (χ0) is 15.3. The summed E-state index contributed by atoms with van der Waals surface area (Å²) in [5.41, 5.74) is 7.07. The van der Waals surface area contributed by atoms with E-state index in [-0.39, 0.29) is 18.0 Å². The molecule has 0 saturated carbocycles. The van der Waals surface area contributed by atoms with Crippen molar-refractivity contribution in [3.63, 3.8) is 0 Å². The van der Waals surface area contributed by atoms with Gasteiger partial charge in [-0.1, -0.05) is 23.1 Å². The van der Waals surface area contributed by atoms with Crippen molar-refractivity contribution in [3.8, 4) is 11.8 Å². The molecular weight excluding hydrogens is 290 g/mol. The SMILES string of the molecule is Cc1ccc(C#CCN)cc1S(=O)(=O)NCc1ccon1. The first-order chi connectivity index (χ1) is 10.0. The Bertz CT molecular complexity index is 772. The van der Waals surface area contributed by atoms with Crippen molar-refractivity contribution in [2.75, 3.05) is 6.54 Å². The van der Waals surface area contributed by atoms with Crippen LogP contribution in [0.1, 0.15) is 16.8 Å². The van der Waals surface area contributed by atoms with Gasteiger partial charge >= 0.3 is 0 Å². The highest BCUT2D eigenvalue weighted by Gasteiger charge is 2.17. The van der Waals surface area contributed by atoms with E-state index >= 15 is 0 Å². The third-order valence-corrected chi connectivity index (χ3v) is 4.29. The summed E-state index contributed by atoms with van der Waals surface area (Å²) < 4.78 is 31.8. The van der Waals surface area contributed by atoms with Gasteiger partial charge in [-0.2, -0.15) is 0 Å². The van der Waals surface area contributed by atoms with Gasteiger partial charge in [-0.3, -0.25) is 0 Å². The normalized spacial score (nSPS) is 11.0. The van der Waals surface area contributed by atoms with Crippen molar-refractivity contribution in [2.24, 2.45) is 5.73 Å². The van der Waals surface area contributed by atoms with Crippen molar-refractivity contribution < 1.29 is 12.9 Å². The van der Waals surface area contributed by atoms with Crippen LogP contribution in [0.2, 0.25) is 0 Å².